The van der Waals surface area contributed by atoms with Crippen molar-refractivity contribution < 1.29 is 39.9 Å². The number of hydrogen-bond donors (Lipinski definition) is 1. The molecule has 1 amide bonds. The highest BCUT2D eigenvalue weighted by molar-refractivity contribution is 6.22. The fourth-order valence-electron chi connectivity index (χ4n) is 3.35. The van der Waals surface area contributed by atoms with Gasteiger partial charge in [-0.3, -0.25) is 4.79 Å². The lowest BCUT2D eigenvalue weighted by atomic mass is 10.1. The Kier molecular flexibility index (Phi) is 6.74. The molecule has 2 aromatic carbocycles. The van der Waals surface area contributed by atoms with Gasteiger partial charge >= 0.3 is 12.4 Å². The molecule has 0 aliphatic rings. The van der Waals surface area contributed by atoms with Crippen LogP contribution in [0.25, 0.3) is 34.5 Å². The Morgan fingerprint density at radius 1 is 0.763 bits per heavy atom. The topological polar surface area (TPSA) is 86.7 Å². The number of carbonyl (C=O) groups excluding carboxylic acids is 1. The molecule has 38 heavy (non-hydrogen) atoms. The molecule has 0 aliphatic heterocycles. The van der Waals surface area contributed by atoms with Crippen LogP contribution in [0.1, 0.15) is 16.7 Å². The molecule has 0 bridgehead atoms. The van der Waals surface area contributed by atoms with Crippen LogP contribution in [0.2, 0.25) is 0 Å². The SMILES string of the molecule is NC(=O)C(=Cn1nc(-c2ccc(C(F)(F)F)cc2)nc1-c1ccc(C(F)(F)F)cc1)c1ccc(F)nc1F. The Labute approximate surface area is 208 Å². The summed E-state index contributed by atoms with van der Waals surface area (Å²) in [4.78, 5) is 19.3. The van der Waals surface area contributed by atoms with Crippen LogP contribution in [-0.4, -0.2) is 25.7 Å². The molecule has 0 unspecified atom stereocenters. The van der Waals surface area contributed by atoms with Crippen LogP contribution in [0.5, 0.6) is 0 Å². The number of pyridine rings is 1. The van der Waals surface area contributed by atoms with Gasteiger partial charge in [0.1, 0.15) is 0 Å². The zero-order valence-electron chi connectivity index (χ0n) is 18.6. The first-order valence-corrected chi connectivity index (χ1v) is 10.4. The second-order valence-corrected chi connectivity index (χ2v) is 7.73. The standard InChI is InChI=1S/C24H13F8N5O/c25-18-10-9-16(19(26)34-18)17(20(33)38)11-37-22(13-3-7-15(8-4-13)24(30,31)32)35-21(36-37)12-1-5-14(6-2-12)23(27,28)29/h1-11H,(H2,33,38). The number of benzene rings is 2. The highest BCUT2D eigenvalue weighted by Gasteiger charge is 2.31. The summed E-state index contributed by atoms with van der Waals surface area (Å²) in [5.74, 6) is -4.09. The van der Waals surface area contributed by atoms with Gasteiger partial charge in [0.05, 0.1) is 16.7 Å². The number of alkyl halides is 6. The molecule has 4 rings (SSSR count). The molecular formula is C24H13F8N5O. The summed E-state index contributed by atoms with van der Waals surface area (Å²) >= 11 is 0. The van der Waals surface area contributed by atoms with Gasteiger partial charge < -0.3 is 5.73 Å². The number of nitrogens with zero attached hydrogens (tertiary/aromatic N) is 4. The predicted molar refractivity (Wildman–Crippen MR) is 118 cm³/mol. The molecular weight excluding hydrogens is 526 g/mol. The second kappa shape index (κ2) is 9.68. The molecule has 6 nitrogen and oxygen atoms in total. The Bertz CT molecular complexity index is 1520. The summed E-state index contributed by atoms with van der Waals surface area (Å²) in [5.41, 5.74) is 2.54. The van der Waals surface area contributed by atoms with Crippen molar-refractivity contribution in [3.05, 3.63) is 89.2 Å². The molecule has 2 aromatic heterocycles. The first kappa shape index (κ1) is 26.4. The maximum atomic E-state index is 14.3. The molecule has 0 saturated heterocycles. The maximum Gasteiger partial charge on any atom is 0.416 e. The molecule has 0 saturated carbocycles. The van der Waals surface area contributed by atoms with E-state index in [1.807, 2.05) is 0 Å². The molecule has 0 radical (unpaired) electrons. The molecule has 0 fully saturated rings. The molecule has 14 heteroatoms. The number of nitrogens with two attached hydrogens (primary N) is 1. The lowest BCUT2D eigenvalue weighted by Crippen LogP contribution is -2.15. The lowest BCUT2D eigenvalue weighted by Gasteiger charge is -2.08. The van der Waals surface area contributed by atoms with E-state index < -0.39 is 52.4 Å². The van der Waals surface area contributed by atoms with E-state index in [9.17, 15) is 39.9 Å². The van der Waals surface area contributed by atoms with Crippen LogP contribution in [0.4, 0.5) is 35.1 Å². The number of amides is 1. The minimum Gasteiger partial charge on any atom is -0.366 e. The van der Waals surface area contributed by atoms with Gasteiger partial charge in [0.15, 0.2) is 11.6 Å². The number of aromatic nitrogens is 4. The van der Waals surface area contributed by atoms with Crippen molar-refractivity contribution in [2.75, 3.05) is 0 Å². The van der Waals surface area contributed by atoms with E-state index in [1.165, 1.54) is 0 Å². The lowest BCUT2D eigenvalue weighted by molar-refractivity contribution is -0.138. The normalized spacial score (nSPS) is 12.6. The third kappa shape index (κ3) is 5.53. The Hall–Kier alpha value is -4.62. The molecule has 196 valence electrons. The van der Waals surface area contributed by atoms with Crippen molar-refractivity contribution in [3.8, 4) is 22.8 Å². The van der Waals surface area contributed by atoms with Crippen molar-refractivity contribution in [1.82, 2.24) is 19.7 Å². The van der Waals surface area contributed by atoms with Crippen LogP contribution in [0, 0.1) is 11.9 Å². The fourth-order valence-corrected chi connectivity index (χ4v) is 3.35. The average Bonchev–Trinajstić information content (AvgIpc) is 3.26. The van der Waals surface area contributed by atoms with E-state index in [4.69, 9.17) is 5.73 Å². The highest BCUT2D eigenvalue weighted by Crippen LogP contribution is 2.33. The third-order valence-electron chi connectivity index (χ3n) is 5.19. The smallest absolute Gasteiger partial charge is 0.366 e. The number of carbonyl (C=O) groups is 1. The minimum atomic E-state index is -4.64. The van der Waals surface area contributed by atoms with E-state index in [0.717, 1.165) is 71.5 Å². The Morgan fingerprint density at radius 3 is 1.76 bits per heavy atom. The molecule has 2 heterocycles. The number of primary amides is 1. The largest absolute Gasteiger partial charge is 0.416 e. The zero-order chi connectivity index (χ0) is 27.8. The molecule has 0 spiro atoms. The van der Waals surface area contributed by atoms with E-state index in [1.54, 1.807) is 0 Å². The van der Waals surface area contributed by atoms with Gasteiger partial charge in [-0.05, 0) is 36.4 Å². The summed E-state index contributed by atoms with van der Waals surface area (Å²) in [5, 5.41) is 4.12. The fraction of sp³-hybridized carbons (Fsp3) is 0.0833. The van der Waals surface area contributed by atoms with Crippen LogP contribution in [0.15, 0.2) is 60.7 Å². The van der Waals surface area contributed by atoms with Gasteiger partial charge in [-0.15, -0.1) is 5.10 Å². The van der Waals surface area contributed by atoms with Crippen molar-refractivity contribution >= 4 is 17.7 Å². The molecule has 0 aliphatic carbocycles. The van der Waals surface area contributed by atoms with E-state index in [-0.39, 0.29) is 22.8 Å². The van der Waals surface area contributed by atoms with Gasteiger partial charge in [-0.1, -0.05) is 24.3 Å². The van der Waals surface area contributed by atoms with Crippen LogP contribution < -0.4 is 5.73 Å². The van der Waals surface area contributed by atoms with Crippen LogP contribution in [-0.2, 0) is 17.1 Å². The Morgan fingerprint density at radius 2 is 1.29 bits per heavy atom. The Balaban J connectivity index is 1.89. The van der Waals surface area contributed by atoms with Gasteiger partial charge in [-0.25, -0.2) is 9.67 Å². The van der Waals surface area contributed by atoms with E-state index in [2.05, 4.69) is 15.1 Å². The third-order valence-corrected chi connectivity index (χ3v) is 5.19. The van der Waals surface area contributed by atoms with Crippen molar-refractivity contribution in [1.29, 1.82) is 0 Å². The first-order chi connectivity index (χ1) is 17.7. The summed E-state index contributed by atoms with van der Waals surface area (Å²) in [6, 6.07) is 8.97. The first-order valence-electron chi connectivity index (χ1n) is 10.4. The summed E-state index contributed by atoms with van der Waals surface area (Å²) < 4.78 is 106. The van der Waals surface area contributed by atoms with Crippen LogP contribution >= 0.6 is 0 Å². The summed E-state index contributed by atoms with van der Waals surface area (Å²) in [7, 11) is 0. The summed E-state index contributed by atoms with van der Waals surface area (Å²) in [6.07, 6.45) is -8.35. The zero-order valence-corrected chi connectivity index (χ0v) is 18.6. The van der Waals surface area contributed by atoms with Gasteiger partial charge in [-0.2, -0.15) is 40.1 Å². The summed E-state index contributed by atoms with van der Waals surface area (Å²) in [6.45, 7) is 0. The van der Waals surface area contributed by atoms with E-state index in [0.29, 0.717) is 0 Å². The van der Waals surface area contributed by atoms with E-state index >= 15 is 0 Å². The van der Waals surface area contributed by atoms with Gasteiger partial charge in [0.25, 0.3) is 5.91 Å². The predicted octanol–water partition coefficient (Wildman–Crippen LogP) is 5.81. The molecule has 4 aromatic rings. The van der Waals surface area contributed by atoms with Gasteiger partial charge in [0, 0.05) is 22.9 Å². The second-order valence-electron chi connectivity index (χ2n) is 7.73. The van der Waals surface area contributed by atoms with Gasteiger partial charge in [0.2, 0.25) is 11.9 Å². The van der Waals surface area contributed by atoms with Crippen molar-refractivity contribution in [3.63, 3.8) is 0 Å². The monoisotopic (exact) mass is 539 g/mol. The van der Waals surface area contributed by atoms with Crippen molar-refractivity contribution in [2.24, 2.45) is 5.73 Å². The molecule has 0 atom stereocenters. The van der Waals surface area contributed by atoms with Crippen molar-refractivity contribution in [2.45, 2.75) is 12.4 Å². The number of rotatable bonds is 5. The van der Waals surface area contributed by atoms with Crippen LogP contribution in [0.3, 0.4) is 0 Å². The average molecular weight is 539 g/mol. The number of halogens is 8. The minimum absolute atomic E-state index is 0.0569. The molecule has 2 N–H and O–H groups in total. The highest BCUT2D eigenvalue weighted by atomic mass is 19.4. The number of hydrogen-bond acceptors (Lipinski definition) is 4. The quantitative estimate of drug-likeness (QED) is 0.197. The maximum absolute atomic E-state index is 14.3.